The number of carbonyl (C=O) groups excluding carboxylic acids is 1. The van der Waals surface area contributed by atoms with Crippen LogP contribution in [-0.2, 0) is 4.79 Å². The molecule has 1 aromatic rings. The fourth-order valence-corrected chi connectivity index (χ4v) is 2.12. The molecule has 2 amide bonds. The Morgan fingerprint density at radius 1 is 1.29 bits per heavy atom. The zero-order valence-corrected chi connectivity index (χ0v) is 12.5. The number of halogens is 1. The van der Waals surface area contributed by atoms with Crippen molar-refractivity contribution in [3.05, 3.63) is 35.6 Å². The zero-order valence-electron chi connectivity index (χ0n) is 12.5. The van der Waals surface area contributed by atoms with Gasteiger partial charge in [-0.25, -0.2) is 9.18 Å². The van der Waals surface area contributed by atoms with Crippen molar-refractivity contribution in [2.24, 2.45) is 0 Å². The minimum absolute atomic E-state index is 0.105. The average molecular weight is 296 g/mol. The standard InChI is InChI=1S/C15H21FN2O3/c1-4-18(10(2)9-14(19)20)15(21)17-11(3)12-5-7-13(16)8-6-12/h5-8,10-11H,4,9H2,1-3H3,(H,17,21)(H,19,20). The molecule has 1 aromatic carbocycles. The first-order valence-electron chi connectivity index (χ1n) is 6.89. The summed E-state index contributed by atoms with van der Waals surface area (Å²) in [6.07, 6.45) is -0.105. The topological polar surface area (TPSA) is 69.6 Å². The zero-order chi connectivity index (χ0) is 16.0. The monoisotopic (exact) mass is 296 g/mol. The van der Waals surface area contributed by atoms with Gasteiger partial charge in [0.05, 0.1) is 12.5 Å². The van der Waals surface area contributed by atoms with Gasteiger partial charge in [-0.05, 0) is 38.5 Å². The van der Waals surface area contributed by atoms with Crippen molar-refractivity contribution in [1.82, 2.24) is 10.2 Å². The lowest BCUT2D eigenvalue weighted by molar-refractivity contribution is -0.138. The summed E-state index contributed by atoms with van der Waals surface area (Å²) in [5.41, 5.74) is 0.784. The Morgan fingerprint density at radius 2 is 1.86 bits per heavy atom. The van der Waals surface area contributed by atoms with E-state index in [2.05, 4.69) is 5.32 Å². The number of nitrogens with one attached hydrogen (secondary N) is 1. The lowest BCUT2D eigenvalue weighted by Crippen LogP contribution is -2.46. The van der Waals surface area contributed by atoms with Crippen LogP contribution < -0.4 is 5.32 Å². The molecule has 2 unspecified atom stereocenters. The van der Waals surface area contributed by atoms with Crippen LogP contribution in [0.5, 0.6) is 0 Å². The van der Waals surface area contributed by atoms with Crippen LogP contribution in [0.25, 0.3) is 0 Å². The summed E-state index contributed by atoms with van der Waals surface area (Å²) in [7, 11) is 0. The fraction of sp³-hybridized carbons (Fsp3) is 0.467. The van der Waals surface area contributed by atoms with Gasteiger partial charge in [0, 0.05) is 12.6 Å². The number of carboxylic acid groups (broad SMARTS) is 1. The molecule has 0 saturated carbocycles. The number of carbonyl (C=O) groups is 2. The quantitative estimate of drug-likeness (QED) is 0.848. The van der Waals surface area contributed by atoms with Gasteiger partial charge in [-0.1, -0.05) is 12.1 Å². The van der Waals surface area contributed by atoms with E-state index in [1.807, 2.05) is 0 Å². The molecule has 0 aliphatic heterocycles. The van der Waals surface area contributed by atoms with Gasteiger partial charge >= 0.3 is 12.0 Å². The number of hydrogen-bond acceptors (Lipinski definition) is 2. The van der Waals surface area contributed by atoms with Crippen molar-refractivity contribution in [2.45, 2.75) is 39.3 Å². The number of amides is 2. The predicted molar refractivity (Wildman–Crippen MR) is 77.4 cm³/mol. The number of hydrogen-bond donors (Lipinski definition) is 2. The summed E-state index contributed by atoms with van der Waals surface area (Å²) in [5.74, 6) is -1.28. The number of carboxylic acids is 1. The summed E-state index contributed by atoms with van der Waals surface area (Å²) in [6.45, 7) is 5.69. The minimum atomic E-state index is -0.944. The van der Waals surface area contributed by atoms with Gasteiger partial charge in [0.1, 0.15) is 5.82 Å². The van der Waals surface area contributed by atoms with Crippen LogP contribution in [0.2, 0.25) is 0 Å². The van der Waals surface area contributed by atoms with Gasteiger partial charge in [0.2, 0.25) is 0 Å². The Balaban J connectivity index is 2.68. The summed E-state index contributed by atoms with van der Waals surface area (Å²) in [4.78, 5) is 24.4. The molecule has 21 heavy (non-hydrogen) atoms. The molecule has 0 radical (unpaired) electrons. The Bertz CT molecular complexity index is 490. The molecule has 0 heterocycles. The molecule has 0 bridgehead atoms. The number of urea groups is 1. The maximum atomic E-state index is 12.9. The van der Waals surface area contributed by atoms with E-state index >= 15 is 0 Å². The van der Waals surface area contributed by atoms with Gasteiger partial charge < -0.3 is 15.3 Å². The van der Waals surface area contributed by atoms with E-state index in [0.29, 0.717) is 6.54 Å². The molecule has 0 fully saturated rings. The average Bonchev–Trinajstić information content (AvgIpc) is 2.39. The van der Waals surface area contributed by atoms with Crippen molar-refractivity contribution >= 4 is 12.0 Å². The Morgan fingerprint density at radius 3 is 2.33 bits per heavy atom. The van der Waals surface area contributed by atoms with Crippen LogP contribution in [0.3, 0.4) is 0 Å². The van der Waals surface area contributed by atoms with Crippen molar-refractivity contribution < 1.29 is 19.1 Å². The first kappa shape index (κ1) is 16.9. The first-order valence-corrected chi connectivity index (χ1v) is 6.89. The fourth-order valence-electron chi connectivity index (χ4n) is 2.12. The van der Waals surface area contributed by atoms with Crippen molar-refractivity contribution in [3.63, 3.8) is 0 Å². The molecule has 0 aromatic heterocycles. The lowest BCUT2D eigenvalue weighted by Gasteiger charge is -2.29. The smallest absolute Gasteiger partial charge is 0.318 e. The van der Waals surface area contributed by atoms with Gasteiger partial charge in [0.15, 0.2) is 0 Å². The van der Waals surface area contributed by atoms with Crippen molar-refractivity contribution in [3.8, 4) is 0 Å². The van der Waals surface area contributed by atoms with E-state index in [1.54, 1.807) is 32.9 Å². The Kier molecular flexibility index (Phi) is 6.14. The van der Waals surface area contributed by atoms with E-state index in [9.17, 15) is 14.0 Å². The predicted octanol–water partition coefficient (Wildman–Crippen LogP) is 2.78. The highest BCUT2D eigenvalue weighted by atomic mass is 19.1. The molecule has 0 saturated heterocycles. The van der Waals surface area contributed by atoms with Crippen molar-refractivity contribution in [2.75, 3.05) is 6.54 Å². The van der Waals surface area contributed by atoms with E-state index in [1.165, 1.54) is 17.0 Å². The molecular formula is C15H21FN2O3. The van der Waals surface area contributed by atoms with Gasteiger partial charge in [0.25, 0.3) is 0 Å². The third-order valence-electron chi connectivity index (χ3n) is 3.31. The lowest BCUT2D eigenvalue weighted by atomic mass is 10.1. The van der Waals surface area contributed by atoms with Crippen LogP contribution in [-0.4, -0.2) is 34.6 Å². The molecule has 5 nitrogen and oxygen atoms in total. The van der Waals surface area contributed by atoms with Gasteiger partial charge in [-0.15, -0.1) is 0 Å². The van der Waals surface area contributed by atoms with E-state index < -0.39 is 12.0 Å². The summed E-state index contributed by atoms with van der Waals surface area (Å²) in [5, 5.41) is 11.6. The highest BCUT2D eigenvalue weighted by Gasteiger charge is 2.22. The molecule has 116 valence electrons. The van der Waals surface area contributed by atoms with Crippen molar-refractivity contribution in [1.29, 1.82) is 0 Å². The summed E-state index contributed by atoms with van der Waals surface area (Å²) < 4.78 is 12.9. The molecular weight excluding hydrogens is 275 g/mol. The van der Waals surface area contributed by atoms with Crippen LogP contribution in [0.4, 0.5) is 9.18 Å². The minimum Gasteiger partial charge on any atom is -0.481 e. The second kappa shape index (κ2) is 7.61. The number of benzene rings is 1. The van der Waals surface area contributed by atoms with E-state index in [0.717, 1.165) is 5.56 Å². The molecule has 0 spiro atoms. The number of rotatable bonds is 6. The molecule has 0 aliphatic rings. The summed E-state index contributed by atoms with van der Waals surface area (Å²) in [6, 6.07) is 4.87. The highest BCUT2D eigenvalue weighted by molar-refractivity contribution is 5.76. The van der Waals surface area contributed by atoms with E-state index in [4.69, 9.17) is 5.11 Å². The third-order valence-corrected chi connectivity index (χ3v) is 3.31. The third kappa shape index (κ3) is 5.06. The van der Waals surface area contributed by atoms with E-state index in [-0.39, 0.29) is 24.3 Å². The maximum absolute atomic E-state index is 12.9. The molecule has 6 heteroatoms. The first-order chi connectivity index (χ1) is 9.85. The summed E-state index contributed by atoms with van der Waals surface area (Å²) >= 11 is 0. The molecule has 1 rings (SSSR count). The molecule has 2 N–H and O–H groups in total. The number of nitrogens with zero attached hydrogens (tertiary/aromatic N) is 1. The SMILES string of the molecule is CCN(C(=O)NC(C)c1ccc(F)cc1)C(C)CC(=O)O. The second-order valence-corrected chi connectivity index (χ2v) is 4.96. The van der Waals surface area contributed by atoms with Gasteiger partial charge in [-0.2, -0.15) is 0 Å². The number of aliphatic carboxylic acids is 1. The normalized spacial score (nSPS) is 13.3. The molecule has 2 atom stereocenters. The van der Waals surface area contributed by atoms with Gasteiger partial charge in [-0.3, -0.25) is 4.79 Å². The van der Waals surface area contributed by atoms with Crippen LogP contribution in [0, 0.1) is 5.82 Å². The highest BCUT2D eigenvalue weighted by Crippen LogP contribution is 2.14. The Hall–Kier alpha value is -2.11. The largest absolute Gasteiger partial charge is 0.481 e. The van der Waals surface area contributed by atoms with Crippen LogP contribution >= 0.6 is 0 Å². The van der Waals surface area contributed by atoms with Crippen LogP contribution in [0.1, 0.15) is 38.8 Å². The Labute approximate surface area is 123 Å². The molecule has 0 aliphatic carbocycles. The second-order valence-electron chi connectivity index (χ2n) is 4.96. The van der Waals surface area contributed by atoms with Crippen LogP contribution in [0.15, 0.2) is 24.3 Å². The maximum Gasteiger partial charge on any atom is 0.318 e.